The maximum atomic E-state index is 9.62. The van der Waals surface area contributed by atoms with Crippen LogP contribution in [0.3, 0.4) is 0 Å². The molecule has 0 fully saturated rings. The van der Waals surface area contributed by atoms with Crippen molar-refractivity contribution < 1.29 is 18.9 Å². The van der Waals surface area contributed by atoms with E-state index in [-0.39, 0.29) is 11.8 Å². The van der Waals surface area contributed by atoms with Gasteiger partial charge in [-0.2, -0.15) is 5.26 Å². The first-order valence-electron chi connectivity index (χ1n) is 7.59. The highest BCUT2D eigenvalue weighted by atomic mass is 16.5. The topological polar surface area (TPSA) is 86.7 Å². The number of fused-ring (bicyclic) bond motifs is 1. The van der Waals surface area contributed by atoms with Gasteiger partial charge in [0, 0.05) is 17.7 Å². The molecule has 1 heterocycles. The average Bonchev–Trinajstić information content (AvgIpc) is 2.65. The lowest BCUT2D eigenvalue weighted by Gasteiger charge is -2.27. The smallest absolute Gasteiger partial charge is 0.205 e. The van der Waals surface area contributed by atoms with Gasteiger partial charge in [-0.05, 0) is 23.8 Å². The van der Waals surface area contributed by atoms with Gasteiger partial charge in [-0.3, -0.25) is 0 Å². The van der Waals surface area contributed by atoms with Crippen LogP contribution in [0.4, 0.5) is 0 Å². The van der Waals surface area contributed by atoms with Gasteiger partial charge in [-0.15, -0.1) is 0 Å². The molecule has 6 nitrogen and oxygen atoms in total. The molecule has 0 spiro atoms. The van der Waals surface area contributed by atoms with Crippen molar-refractivity contribution in [2.45, 2.75) is 5.92 Å². The molecule has 2 aromatic rings. The second-order valence-electron chi connectivity index (χ2n) is 5.47. The largest absolute Gasteiger partial charge is 0.497 e. The molecule has 0 radical (unpaired) electrons. The minimum absolute atomic E-state index is 0.0787. The molecule has 0 aliphatic carbocycles. The normalized spacial score (nSPS) is 15.7. The minimum Gasteiger partial charge on any atom is -0.497 e. The molecule has 128 valence electrons. The highest BCUT2D eigenvalue weighted by molar-refractivity contribution is 5.58. The third-order valence-electron chi connectivity index (χ3n) is 4.13. The minimum atomic E-state index is -0.386. The Bertz CT molecular complexity index is 861. The molecule has 0 amide bonds. The van der Waals surface area contributed by atoms with E-state index in [0.717, 1.165) is 11.1 Å². The molecule has 2 aromatic carbocycles. The fourth-order valence-corrected chi connectivity index (χ4v) is 2.90. The Balaban J connectivity index is 2.22. The van der Waals surface area contributed by atoms with E-state index < -0.39 is 0 Å². The molecule has 25 heavy (non-hydrogen) atoms. The molecule has 0 aromatic heterocycles. The van der Waals surface area contributed by atoms with Gasteiger partial charge >= 0.3 is 0 Å². The predicted octanol–water partition coefficient (Wildman–Crippen LogP) is 2.93. The molecular formula is C19H18N2O4. The Kier molecular flexibility index (Phi) is 4.40. The van der Waals surface area contributed by atoms with E-state index in [1.165, 1.54) is 0 Å². The summed E-state index contributed by atoms with van der Waals surface area (Å²) in [5, 5.41) is 9.62. The second-order valence-corrected chi connectivity index (χ2v) is 5.47. The molecule has 0 unspecified atom stereocenters. The van der Waals surface area contributed by atoms with Crippen molar-refractivity contribution >= 4 is 0 Å². The summed E-state index contributed by atoms with van der Waals surface area (Å²) in [5.41, 5.74) is 7.98. The second kappa shape index (κ2) is 6.65. The van der Waals surface area contributed by atoms with E-state index in [0.29, 0.717) is 28.6 Å². The Hall–Kier alpha value is -3.33. The van der Waals surface area contributed by atoms with Crippen molar-refractivity contribution in [3.05, 3.63) is 59.0 Å². The van der Waals surface area contributed by atoms with Crippen molar-refractivity contribution in [1.29, 1.82) is 5.26 Å². The van der Waals surface area contributed by atoms with Crippen LogP contribution in [-0.4, -0.2) is 21.3 Å². The fourth-order valence-electron chi connectivity index (χ4n) is 2.90. The molecule has 1 aliphatic rings. The number of nitrogens with two attached hydrogens (primary N) is 1. The van der Waals surface area contributed by atoms with Gasteiger partial charge in [-0.25, -0.2) is 0 Å². The highest BCUT2D eigenvalue weighted by Gasteiger charge is 2.31. The summed E-state index contributed by atoms with van der Waals surface area (Å²) in [5.74, 6) is 2.16. The van der Waals surface area contributed by atoms with E-state index in [2.05, 4.69) is 6.07 Å². The summed E-state index contributed by atoms with van der Waals surface area (Å²) in [4.78, 5) is 0. The predicted molar refractivity (Wildman–Crippen MR) is 91.8 cm³/mol. The first-order valence-corrected chi connectivity index (χ1v) is 7.59. The quantitative estimate of drug-likeness (QED) is 0.922. The zero-order valence-corrected chi connectivity index (χ0v) is 14.2. The summed E-state index contributed by atoms with van der Waals surface area (Å²) in [7, 11) is 4.74. The van der Waals surface area contributed by atoms with Crippen LogP contribution in [-0.2, 0) is 0 Å². The van der Waals surface area contributed by atoms with Gasteiger partial charge in [0.15, 0.2) is 0 Å². The standard InChI is InChI=1S/C19H18N2O4/c1-22-12-4-5-15-17(9-12)25-19(21)16(10-20)18(15)11-6-13(23-2)8-14(7-11)24-3/h4-9,18H,21H2,1-3H3/t18-/m1/s1. The summed E-state index contributed by atoms with van der Waals surface area (Å²) in [6.07, 6.45) is 0. The summed E-state index contributed by atoms with van der Waals surface area (Å²) < 4.78 is 21.6. The molecular weight excluding hydrogens is 320 g/mol. The molecule has 1 atom stereocenters. The molecule has 0 bridgehead atoms. The summed E-state index contributed by atoms with van der Waals surface area (Å²) in [6, 6.07) is 13.1. The van der Waals surface area contributed by atoms with Crippen LogP contribution >= 0.6 is 0 Å². The first-order chi connectivity index (χ1) is 12.1. The van der Waals surface area contributed by atoms with Crippen molar-refractivity contribution in [1.82, 2.24) is 0 Å². The van der Waals surface area contributed by atoms with Crippen molar-refractivity contribution in [2.75, 3.05) is 21.3 Å². The van der Waals surface area contributed by atoms with Crippen LogP contribution in [0.25, 0.3) is 0 Å². The SMILES string of the molecule is COc1cc(OC)cc([C@H]2C(C#N)=C(N)Oc3cc(OC)ccc32)c1. The van der Waals surface area contributed by atoms with Crippen LogP contribution in [0, 0.1) is 11.3 Å². The molecule has 0 saturated carbocycles. The first kappa shape index (κ1) is 16.5. The van der Waals surface area contributed by atoms with Gasteiger partial charge in [0.2, 0.25) is 5.88 Å². The number of nitrogens with zero attached hydrogens (tertiary/aromatic N) is 1. The lowest BCUT2D eigenvalue weighted by molar-refractivity contribution is 0.379. The number of benzene rings is 2. The summed E-state index contributed by atoms with van der Waals surface area (Å²) >= 11 is 0. The highest BCUT2D eigenvalue weighted by Crippen LogP contribution is 2.44. The number of rotatable bonds is 4. The molecule has 0 saturated heterocycles. The maximum Gasteiger partial charge on any atom is 0.205 e. The van der Waals surface area contributed by atoms with Gasteiger partial charge in [0.25, 0.3) is 0 Å². The average molecular weight is 338 g/mol. The lowest BCUT2D eigenvalue weighted by Crippen LogP contribution is -2.21. The Morgan fingerprint density at radius 1 is 0.960 bits per heavy atom. The van der Waals surface area contributed by atoms with Crippen molar-refractivity contribution in [3.63, 3.8) is 0 Å². The summed E-state index contributed by atoms with van der Waals surface area (Å²) in [6.45, 7) is 0. The third-order valence-corrected chi connectivity index (χ3v) is 4.13. The van der Waals surface area contributed by atoms with E-state index >= 15 is 0 Å². The van der Waals surface area contributed by atoms with E-state index in [1.807, 2.05) is 24.3 Å². The number of hydrogen-bond donors (Lipinski definition) is 1. The van der Waals surface area contributed by atoms with Crippen LogP contribution in [0.2, 0.25) is 0 Å². The van der Waals surface area contributed by atoms with Gasteiger partial charge < -0.3 is 24.7 Å². The van der Waals surface area contributed by atoms with Gasteiger partial charge in [-0.1, -0.05) is 6.07 Å². The van der Waals surface area contributed by atoms with Gasteiger partial charge in [0.05, 0.1) is 27.2 Å². The lowest BCUT2D eigenvalue weighted by atomic mass is 9.83. The molecule has 3 rings (SSSR count). The number of methoxy groups -OCH3 is 3. The Morgan fingerprint density at radius 3 is 2.16 bits per heavy atom. The monoisotopic (exact) mass is 338 g/mol. The van der Waals surface area contributed by atoms with E-state index in [4.69, 9.17) is 24.7 Å². The fraction of sp³-hybridized carbons (Fsp3) is 0.211. The number of ether oxygens (including phenoxy) is 4. The molecule has 6 heteroatoms. The third kappa shape index (κ3) is 2.92. The van der Waals surface area contributed by atoms with E-state index in [9.17, 15) is 5.26 Å². The van der Waals surface area contributed by atoms with Crippen LogP contribution in [0.1, 0.15) is 17.0 Å². The van der Waals surface area contributed by atoms with E-state index in [1.54, 1.807) is 33.5 Å². The molecule has 2 N–H and O–H groups in total. The Morgan fingerprint density at radius 2 is 1.60 bits per heavy atom. The number of nitriles is 1. The number of allylic oxidation sites excluding steroid dienone is 1. The molecule has 1 aliphatic heterocycles. The van der Waals surface area contributed by atoms with Crippen LogP contribution in [0.15, 0.2) is 47.9 Å². The van der Waals surface area contributed by atoms with Crippen molar-refractivity contribution in [2.24, 2.45) is 5.73 Å². The number of hydrogen-bond acceptors (Lipinski definition) is 6. The zero-order valence-electron chi connectivity index (χ0n) is 14.2. The van der Waals surface area contributed by atoms with Crippen LogP contribution in [0.5, 0.6) is 23.0 Å². The van der Waals surface area contributed by atoms with Crippen molar-refractivity contribution in [3.8, 4) is 29.1 Å². The Labute approximate surface area is 146 Å². The maximum absolute atomic E-state index is 9.62. The van der Waals surface area contributed by atoms with Crippen LogP contribution < -0.4 is 24.7 Å². The zero-order chi connectivity index (χ0) is 18.0. The van der Waals surface area contributed by atoms with Gasteiger partial charge in [0.1, 0.15) is 34.6 Å².